The van der Waals surface area contributed by atoms with Gasteiger partial charge in [-0.05, 0) is 96.0 Å². The van der Waals surface area contributed by atoms with Crippen molar-refractivity contribution in [3.63, 3.8) is 0 Å². The van der Waals surface area contributed by atoms with Crippen LogP contribution in [0, 0.1) is 44.3 Å². The average Bonchev–Trinajstić information content (AvgIpc) is 2.98. The third kappa shape index (κ3) is 4.54. The highest BCUT2D eigenvalue weighted by Gasteiger charge is 2.69. The Balaban J connectivity index is 1.38. The van der Waals surface area contributed by atoms with Gasteiger partial charge in [-0.25, -0.2) is 0 Å². The number of carboxylic acid groups (broad SMARTS) is 1. The van der Waals surface area contributed by atoms with Gasteiger partial charge < -0.3 is 45.2 Å². The lowest BCUT2D eigenvalue weighted by atomic mass is 9.35. The van der Waals surface area contributed by atoms with Gasteiger partial charge in [0, 0.05) is 5.41 Å². The second-order valence-corrected chi connectivity index (χ2v) is 17.5. The zero-order valence-electron chi connectivity index (χ0n) is 28.3. The molecule has 0 aromatic carbocycles. The highest BCUT2D eigenvalue weighted by Crippen LogP contribution is 2.74. The molecule has 10 nitrogen and oxygen atoms in total. The number of aliphatic carboxylic acids is 1. The molecule has 0 bridgehead atoms. The summed E-state index contributed by atoms with van der Waals surface area (Å²) < 4.78 is 11.9. The molecule has 5 aliphatic carbocycles. The third-order valence-corrected chi connectivity index (χ3v) is 14.6. The lowest BCUT2D eigenvalue weighted by Gasteiger charge is -2.70. The van der Waals surface area contributed by atoms with Gasteiger partial charge in [0.25, 0.3) is 0 Å². The summed E-state index contributed by atoms with van der Waals surface area (Å²) in [5, 5.41) is 74.5. The van der Waals surface area contributed by atoms with Crippen molar-refractivity contribution < 1.29 is 50.0 Å². The van der Waals surface area contributed by atoms with Crippen molar-refractivity contribution in [3.05, 3.63) is 23.3 Å². The molecule has 14 atom stereocenters. The molecule has 6 aliphatic rings. The molecule has 10 heteroatoms. The van der Waals surface area contributed by atoms with Crippen LogP contribution in [0.3, 0.4) is 0 Å². The fraction of sp³-hybridized carbons (Fsp3) is 0.861. The predicted octanol–water partition coefficient (Wildman–Crippen LogP) is 2.92. The maximum Gasteiger partial charge on any atom is 0.313 e. The fourth-order valence-electron chi connectivity index (χ4n) is 11.7. The van der Waals surface area contributed by atoms with Gasteiger partial charge in [-0.15, -0.1) is 0 Å². The van der Waals surface area contributed by atoms with Crippen molar-refractivity contribution in [1.82, 2.24) is 0 Å². The molecule has 0 unspecified atom stereocenters. The molecular weight excluding hydrogens is 592 g/mol. The lowest BCUT2D eigenvalue weighted by Crippen LogP contribution is -2.69. The number of hydrogen-bond donors (Lipinski definition) is 7. The largest absolute Gasteiger partial charge is 0.481 e. The molecule has 0 aromatic heterocycles. The molecule has 7 N–H and O–H groups in total. The summed E-state index contributed by atoms with van der Waals surface area (Å²) in [6.45, 7) is 12.4. The van der Waals surface area contributed by atoms with Gasteiger partial charge in [-0.2, -0.15) is 0 Å². The van der Waals surface area contributed by atoms with E-state index in [9.17, 15) is 40.5 Å². The standard InChI is InChI=1S/C36H56O10/c1-31(2)11-13-36(30(43)44)14-12-34(5)19(20(36)15-31)7-8-24-32(3)16-21(39)28(33(4,18-38)23(32)9-10-35(24,34)6)46-29-27(42)26(41)25(40)22(17-37)45-29/h7-8,21-29,37-42H,9-18H2,1-6H3,(H,43,44)/t21-,22+,23-,24+,25+,26-,27+,28-,29-,32-,33-,34+,35+,36-/m0/s1. The number of rotatable bonds is 5. The molecular formula is C36H56O10. The quantitative estimate of drug-likeness (QED) is 0.219. The molecule has 260 valence electrons. The monoisotopic (exact) mass is 648 g/mol. The zero-order chi connectivity index (χ0) is 33.8. The summed E-state index contributed by atoms with van der Waals surface area (Å²) in [4.78, 5) is 12.9. The Kier molecular flexibility index (Phi) is 8.30. The summed E-state index contributed by atoms with van der Waals surface area (Å²) in [5.41, 5.74) is -0.356. The normalized spacial score (nSPS) is 53.1. The summed E-state index contributed by atoms with van der Waals surface area (Å²) in [7, 11) is 0. The van der Waals surface area contributed by atoms with E-state index in [1.54, 1.807) is 0 Å². The Morgan fingerprint density at radius 2 is 1.61 bits per heavy atom. The maximum atomic E-state index is 12.9. The van der Waals surface area contributed by atoms with E-state index in [-0.39, 0.29) is 34.7 Å². The van der Waals surface area contributed by atoms with E-state index in [1.165, 1.54) is 5.57 Å². The van der Waals surface area contributed by atoms with Crippen LogP contribution in [0.15, 0.2) is 23.3 Å². The molecule has 3 saturated carbocycles. The van der Waals surface area contributed by atoms with Gasteiger partial charge >= 0.3 is 5.97 Å². The fourth-order valence-corrected chi connectivity index (χ4v) is 11.7. The van der Waals surface area contributed by atoms with E-state index < -0.39 is 71.7 Å². The van der Waals surface area contributed by atoms with Crippen LogP contribution < -0.4 is 0 Å². The van der Waals surface area contributed by atoms with Crippen LogP contribution in [0.2, 0.25) is 0 Å². The van der Waals surface area contributed by atoms with E-state index >= 15 is 0 Å². The molecule has 0 amide bonds. The Hall–Kier alpha value is -1.37. The highest BCUT2D eigenvalue weighted by atomic mass is 16.7. The molecule has 1 saturated heterocycles. The molecule has 4 fully saturated rings. The molecule has 1 aliphatic heterocycles. The minimum Gasteiger partial charge on any atom is -0.481 e. The van der Waals surface area contributed by atoms with E-state index in [1.807, 2.05) is 6.92 Å². The van der Waals surface area contributed by atoms with Crippen LogP contribution >= 0.6 is 0 Å². The van der Waals surface area contributed by atoms with Crippen LogP contribution in [-0.2, 0) is 14.3 Å². The SMILES string of the molecule is CC1(C)CC[C@]2(C(=O)O)CC[C@]3(C)C(=C2C1)C=C[C@@H]1[C@@]2(C)C[C@H](O)[C@H](O[C@@H]4O[C@H](CO)[C@@H](O)[C@H](O)[C@H]4O)[C@@](C)(CO)[C@H]2CC[C@]13C. The van der Waals surface area contributed by atoms with Crippen molar-refractivity contribution in [2.45, 2.75) is 136 Å². The van der Waals surface area contributed by atoms with Crippen LogP contribution in [0.1, 0.15) is 92.9 Å². The highest BCUT2D eigenvalue weighted by molar-refractivity contribution is 5.80. The number of carboxylic acids is 1. The average molecular weight is 649 g/mol. The van der Waals surface area contributed by atoms with Gasteiger partial charge in [0.1, 0.15) is 24.4 Å². The second kappa shape index (κ2) is 11.1. The number of fused-ring (bicyclic) bond motifs is 6. The number of ether oxygens (including phenoxy) is 2. The number of carbonyl (C=O) groups is 1. The molecule has 46 heavy (non-hydrogen) atoms. The molecule has 0 radical (unpaired) electrons. The van der Waals surface area contributed by atoms with E-state index in [2.05, 4.69) is 46.8 Å². The zero-order valence-corrected chi connectivity index (χ0v) is 28.3. The first-order valence-electron chi connectivity index (χ1n) is 17.3. The lowest BCUT2D eigenvalue weighted by molar-refractivity contribution is -0.344. The topological polar surface area (TPSA) is 177 Å². The van der Waals surface area contributed by atoms with Crippen molar-refractivity contribution in [3.8, 4) is 0 Å². The Morgan fingerprint density at radius 3 is 2.24 bits per heavy atom. The van der Waals surface area contributed by atoms with E-state index in [0.29, 0.717) is 19.3 Å². The first kappa shape index (κ1) is 34.5. The Labute approximate surface area is 272 Å². The predicted molar refractivity (Wildman–Crippen MR) is 168 cm³/mol. The van der Waals surface area contributed by atoms with Gasteiger partial charge in [0.05, 0.1) is 30.8 Å². The number of hydrogen-bond acceptors (Lipinski definition) is 9. The van der Waals surface area contributed by atoms with Gasteiger partial charge in [0.15, 0.2) is 6.29 Å². The number of aliphatic hydroxyl groups excluding tert-OH is 6. The van der Waals surface area contributed by atoms with E-state index in [4.69, 9.17) is 9.47 Å². The molecule has 1 heterocycles. The molecule has 0 spiro atoms. The molecule has 0 aromatic rings. The van der Waals surface area contributed by atoms with Crippen LogP contribution in [0.5, 0.6) is 0 Å². The third-order valence-electron chi connectivity index (χ3n) is 14.6. The Morgan fingerprint density at radius 1 is 0.935 bits per heavy atom. The number of allylic oxidation sites excluding steroid dienone is 3. The van der Waals surface area contributed by atoms with Crippen molar-refractivity contribution >= 4 is 5.97 Å². The summed E-state index contributed by atoms with van der Waals surface area (Å²) in [6, 6.07) is 0. The summed E-state index contributed by atoms with van der Waals surface area (Å²) in [5.74, 6) is -0.752. The van der Waals surface area contributed by atoms with Crippen LogP contribution in [0.25, 0.3) is 0 Å². The minimum absolute atomic E-state index is 0.0289. The van der Waals surface area contributed by atoms with Crippen LogP contribution in [0.4, 0.5) is 0 Å². The second-order valence-electron chi connectivity index (χ2n) is 17.5. The van der Waals surface area contributed by atoms with Gasteiger partial charge in [-0.3, -0.25) is 4.79 Å². The number of aliphatic hydroxyl groups is 6. The van der Waals surface area contributed by atoms with Crippen molar-refractivity contribution in [1.29, 1.82) is 0 Å². The Bertz CT molecular complexity index is 1290. The van der Waals surface area contributed by atoms with Gasteiger partial charge in [0.2, 0.25) is 0 Å². The van der Waals surface area contributed by atoms with Crippen molar-refractivity contribution in [2.75, 3.05) is 13.2 Å². The maximum absolute atomic E-state index is 12.9. The molecule has 6 rings (SSSR count). The first-order valence-corrected chi connectivity index (χ1v) is 17.3. The first-order chi connectivity index (χ1) is 21.3. The van der Waals surface area contributed by atoms with Crippen LogP contribution in [-0.4, -0.2) is 97.8 Å². The van der Waals surface area contributed by atoms with Gasteiger partial charge in [-0.1, -0.05) is 53.7 Å². The van der Waals surface area contributed by atoms with Crippen molar-refractivity contribution in [2.24, 2.45) is 44.3 Å². The summed E-state index contributed by atoms with van der Waals surface area (Å²) in [6.07, 6.45) is 0.872. The summed E-state index contributed by atoms with van der Waals surface area (Å²) >= 11 is 0. The smallest absolute Gasteiger partial charge is 0.313 e. The van der Waals surface area contributed by atoms with E-state index in [0.717, 1.165) is 37.7 Å². The minimum atomic E-state index is -1.61.